The Morgan fingerprint density at radius 2 is 2.21 bits per heavy atom. The van der Waals surface area contributed by atoms with E-state index < -0.39 is 0 Å². The van der Waals surface area contributed by atoms with Gasteiger partial charge in [-0.1, -0.05) is 12.1 Å². The molecule has 0 radical (unpaired) electrons. The summed E-state index contributed by atoms with van der Waals surface area (Å²) in [6.45, 7) is 4.02. The van der Waals surface area contributed by atoms with E-state index in [0.29, 0.717) is 23.7 Å². The molecule has 4 aliphatic rings. The largest absolute Gasteiger partial charge is 0.497 e. The minimum atomic E-state index is -0.241. The molecule has 126 valence electrons. The monoisotopic (exact) mass is 324 g/mol. The summed E-state index contributed by atoms with van der Waals surface area (Å²) in [6, 6.07) is 6.41. The third-order valence-electron chi connectivity index (χ3n) is 7.33. The smallest absolute Gasteiger partial charge is 0.310 e. The fourth-order valence-electron chi connectivity index (χ4n) is 6.43. The summed E-state index contributed by atoms with van der Waals surface area (Å²) in [5.74, 6) is 2.72. The van der Waals surface area contributed by atoms with Crippen LogP contribution in [0.5, 0.6) is 5.75 Å². The maximum Gasteiger partial charge on any atom is 0.310 e. The molecule has 3 heteroatoms. The first kappa shape index (κ1) is 14.6. The van der Waals surface area contributed by atoms with Gasteiger partial charge in [-0.25, -0.2) is 0 Å². The Morgan fingerprint density at radius 3 is 3.00 bits per heavy atom. The van der Waals surface area contributed by atoms with Crippen LogP contribution in [-0.4, -0.2) is 18.7 Å². The van der Waals surface area contributed by atoms with E-state index in [2.05, 4.69) is 18.7 Å². The van der Waals surface area contributed by atoms with Crippen LogP contribution in [0.15, 0.2) is 30.9 Å². The van der Waals surface area contributed by atoms with E-state index in [1.807, 2.05) is 12.1 Å². The van der Waals surface area contributed by atoms with Crippen molar-refractivity contribution in [3.63, 3.8) is 0 Å². The Morgan fingerprint density at radius 1 is 1.33 bits per heavy atom. The normalized spacial score (nSPS) is 41.9. The van der Waals surface area contributed by atoms with Crippen molar-refractivity contribution in [3.8, 4) is 5.75 Å². The Balaban J connectivity index is 1.61. The van der Waals surface area contributed by atoms with Crippen molar-refractivity contribution in [2.45, 2.75) is 43.6 Å². The van der Waals surface area contributed by atoms with Crippen LogP contribution in [0.2, 0.25) is 0 Å². The highest BCUT2D eigenvalue weighted by Gasteiger charge is 2.67. The number of ether oxygens (including phenoxy) is 2. The number of rotatable bonds is 2. The quantitative estimate of drug-likeness (QED) is 0.612. The van der Waals surface area contributed by atoms with E-state index >= 15 is 0 Å². The van der Waals surface area contributed by atoms with Gasteiger partial charge in [-0.2, -0.15) is 0 Å². The number of carbonyl (C=O) groups excluding carboxylic acids is 1. The van der Waals surface area contributed by atoms with Crippen LogP contribution < -0.4 is 4.74 Å². The maximum atomic E-state index is 12.8. The van der Waals surface area contributed by atoms with Gasteiger partial charge in [0.25, 0.3) is 0 Å². The predicted octanol–water partition coefficient (Wildman–Crippen LogP) is 3.87. The average Bonchev–Trinajstić information content (AvgIpc) is 3.12. The van der Waals surface area contributed by atoms with Crippen molar-refractivity contribution in [2.75, 3.05) is 7.11 Å². The van der Waals surface area contributed by atoms with Gasteiger partial charge in [-0.3, -0.25) is 4.79 Å². The molecule has 1 spiro atoms. The Labute approximate surface area is 143 Å². The number of aryl methyl sites for hydroxylation is 1. The van der Waals surface area contributed by atoms with Crippen LogP contribution in [-0.2, 0) is 16.0 Å². The second-order valence-corrected chi connectivity index (χ2v) is 8.01. The minimum Gasteiger partial charge on any atom is -0.497 e. The van der Waals surface area contributed by atoms with Crippen LogP contribution in [0, 0.1) is 23.7 Å². The molecule has 6 atom stereocenters. The summed E-state index contributed by atoms with van der Waals surface area (Å²) in [5, 5.41) is 0. The average molecular weight is 324 g/mol. The number of esters is 1. The number of hydrogen-bond donors (Lipinski definition) is 0. The van der Waals surface area contributed by atoms with Gasteiger partial charge < -0.3 is 9.47 Å². The van der Waals surface area contributed by atoms with Crippen molar-refractivity contribution in [1.82, 2.24) is 0 Å². The second-order valence-electron chi connectivity index (χ2n) is 8.01. The van der Waals surface area contributed by atoms with Crippen LogP contribution >= 0.6 is 0 Å². The topological polar surface area (TPSA) is 35.5 Å². The number of methoxy groups -OCH3 is 1. The Bertz CT molecular complexity index is 724. The fraction of sp³-hybridized carbons (Fsp3) is 0.571. The number of carbonyl (C=O) groups is 1. The standard InChI is InChI=1S/C21H24O3/c1-3-13-5-9-18-16-7-4-12-10-14(23-2)6-8-15(12)19(16)17-11-21(13,18)24-20(17)22/h3,6,8,10,13,16-19H,1,4-5,7,9,11H2,2H3/t13-,16+,17-,18+,19-,21-/m1/s1. The van der Waals surface area contributed by atoms with E-state index in [1.54, 1.807) is 7.11 Å². The molecular formula is C21H24O3. The van der Waals surface area contributed by atoms with Gasteiger partial charge in [0.2, 0.25) is 0 Å². The molecule has 0 amide bonds. The molecule has 1 aromatic rings. The summed E-state index contributed by atoms with van der Waals surface area (Å²) >= 11 is 0. The van der Waals surface area contributed by atoms with Crippen LogP contribution in [0.4, 0.5) is 0 Å². The zero-order valence-electron chi connectivity index (χ0n) is 14.2. The van der Waals surface area contributed by atoms with Crippen molar-refractivity contribution < 1.29 is 14.3 Å². The highest BCUT2D eigenvalue weighted by molar-refractivity contribution is 5.78. The molecule has 1 saturated heterocycles. The molecule has 2 saturated carbocycles. The summed E-state index contributed by atoms with van der Waals surface area (Å²) < 4.78 is 11.5. The van der Waals surface area contributed by atoms with Crippen molar-refractivity contribution in [1.29, 1.82) is 0 Å². The molecule has 0 unspecified atom stereocenters. The Hall–Kier alpha value is -1.77. The van der Waals surface area contributed by atoms with Gasteiger partial charge in [0.15, 0.2) is 0 Å². The van der Waals surface area contributed by atoms with Crippen LogP contribution in [0.3, 0.4) is 0 Å². The predicted molar refractivity (Wildman–Crippen MR) is 90.9 cm³/mol. The van der Waals surface area contributed by atoms with Crippen molar-refractivity contribution in [3.05, 3.63) is 42.0 Å². The highest BCUT2D eigenvalue weighted by Crippen LogP contribution is 2.65. The molecule has 1 aromatic carbocycles. The summed E-state index contributed by atoms with van der Waals surface area (Å²) in [5.41, 5.74) is 2.49. The van der Waals surface area contributed by atoms with Gasteiger partial charge in [0.05, 0.1) is 13.0 Å². The molecule has 5 rings (SSSR count). The fourth-order valence-corrected chi connectivity index (χ4v) is 6.43. The molecule has 0 N–H and O–H groups in total. The molecule has 3 fully saturated rings. The van der Waals surface area contributed by atoms with Gasteiger partial charge in [-0.05, 0) is 54.9 Å². The summed E-state index contributed by atoms with van der Waals surface area (Å²) in [6.07, 6.45) is 7.46. The maximum absolute atomic E-state index is 12.8. The summed E-state index contributed by atoms with van der Waals surface area (Å²) in [7, 11) is 1.71. The molecular weight excluding hydrogens is 300 g/mol. The molecule has 24 heavy (non-hydrogen) atoms. The van der Waals surface area contributed by atoms with Gasteiger partial charge >= 0.3 is 5.97 Å². The third-order valence-corrected chi connectivity index (χ3v) is 7.33. The molecule has 1 heterocycles. The lowest BCUT2D eigenvalue weighted by Crippen LogP contribution is -2.48. The molecule has 0 aromatic heterocycles. The van der Waals surface area contributed by atoms with Gasteiger partial charge in [0, 0.05) is 24.2 Å². The minimum absolute atomic E-state index is 0.0271. The molecule has 2 bridgehead atoms. The van der Waals surface area contributed by atoms with Crippen LogP contribution in [0.25, 0.3) is 0 Å². The van der Waals surface area contributed by atoms with E-state index in [9.17, 15) is 4.79 Å². The number of benzene rings is 1. The SMILES string of the molecule is C=C[C@@H]1CC[C@H]2[C@@H]3CCc4cc(OC)ccc4[C@H]3[C@H]3C[C@@]12OC3=O. The Kier molecular flexibility index (Phi) is 2.96. The molecule has 3 nitrogen and oxygen atoms in total. The molecule has 3 aliphatic carbocycles. The number of hydrogen-bond acceptors (Lipinski definition) is 3. The lowest BCUT2D eigenvalue weighted by molar-refractivity contribution is -0.154. The van der Waals surface area contributed by atoms with E-state index in [0.717, 1.165) is 31.4 Å². The van der Waals surface area contributed by atoms with E-state index in [-0.39, 0.29) is 17.5 Å². The first-order chi connectivity index (χ1) is 11.7. The van der Waals surface area contributed by atoms with Crippen molar-refractivity contribution >= 4 is 5.97 Å². The van der Waals surface area contributed by atoms with E-state index in [4.69, 9.17) is 9.47 Å². The van der Waals surface area contributed by atoms with Crippen LogP contribution in [0.1, 0.15) is 42.7 Å². The molecule has 1 aliphatic heterocycles. The number of fused-ring (bicyclic) bond motifs is 6. The summed E-state index contributed by atoms with van der Waals surface area (Å²) in [4.78, 5) is 12.8. The zero-order valence-corrected chi connectivity index (χ0v) is 14.2. The lowest BCUT2D eigenvalue weighted by Gasteiger charge is -2.47. The third kappa shape index (κ3) is 1.66. The first-order valence-electron chi connectivity index (χ1n) is 9.20. The lowest BCUT2D eigenvalue weighted by atomic mass is 9.56. The zero-order chi connectivity index (χ0) is 16.5. The van der Waals surface area contributed by atoms with Crippen molar-refractivity contribution in [2.24, 2.45) is 23.7 Å². The first-order valence-corrected chi connectivity index (χ1v) is 9.20. The van der Waals surface area contributed by atoms with Gasteiger partial charge in [0.1, 0.15) is 11.4 Å². The van der Waals surface area contributed by atoms with Gasteiger partial charge in [-0.15, -0.1) is 6.58 Å². The highest BCUT2D eigenvalue weighted by atomic mass is 16.6. The van der Waals surface area contributed by atoms with E-state index in [1.165, 1.54) is 17.5 Å². The second kappa shape index (κ2) is 4.87.